The van der Waals surface area contributed by atoms with Crippen LogP contribution in [0.1, 0.15) is 17.8 Å². The van der Waals surface area contributed by atoms with Crippen molar-refractivity contribution in [1.29, 1.82) is 0 Å². The minimum absolute atomic E-state index is 0.173. The third-order valence-corrected chi connectivity index (χ3v) is 3.73. The molecule has 0 saturated carbocycles. The molecule has 17 heavy (non-hydrogen) atoms. The zero-order chi connectivity index (χ0) is 12.3. The van der Waals surface area contributed by atoms with E-state index in [1.54, 1.807) is 18.4 Å². The van der Waals surface area contributed by atoms with Crippen LogP contribution in [-0.2, 0) is 0 Å². The number of methoxy groups -OCH3 is 1. The van der Waals surface area contributed by atoms with Crippen LogP contribution in [0.4, 0.5) is 5.82 Å². The lowest BCUT2D eigenvalue weighted by atomic mass is 10.3. The Labute approximate surface area is 109 Å². The molecule has 90 valence electrons. The van der Waals surface area contributed by atoms with Crippen molar-refractivity contribution in [2.24, 2.45) is 0 Å². The molecule has 0 bridgehead atoms. The molecular weight excluding hydrogens is 256 g/mol. The van der Waals surface area contributed by atoms with Gasteiger partial charge in [0.05, 0.1) is 17.5 Å². The zero-order valence-corrected chi connectivity index (χ0v) is 11.2. The molecule has 0 spiro atoms. The van der Waals surface area contributed by atoms with Gasteiger partial charge in [0.25, 0.3) is 0 Å². The predicted molar refractivity (Wildman–Crippen MR) is 72.2 cm³/mol. The molecule has 0 radical (unpaired) electrons. The molecule has 2 rings (SSSR count). The van der Waals surface area contributed by atoms with Crippen molar-refractivity contribution in [3.05, 3.63) is 39.5 Å². The summed E-state index contributed by atoms with van der Waals surface area (Å²) in [4.78, 5) is 5.48. The third-order valence-electron chi connectivity index (χ3n) is 2.32. The Morgan fingerprint density at radius 1 is 1.35 bits per heavy atom. The Balaban J connectivity index is 2.09. The van der Waals surface area contributed by atoms with E-state index < -0.39 is 0 Å². The third kappa shape index (κ3) is 3.11. The molecule has 0 aromatic carbocycles. The molecule has 1 unspecified atom stereocenters. The lowest BCUT2D eigenvalue weighted by Crippen LogP contribution is -2.06. The SMILES string of the molecule is COc1cccc(NC(C)c2ccc(Cl)s2)n1. The van der Waals surface area contributed by atoms with E-state index in [-0.39, 0.29) is 6.04 Å². The van der Waals surface area contributed by atoms with E-state index in [1.165, 1.54) is 4.88 Å². The van der Waals surface area contributed by atoms with Gasteiger partial charge < -0.3 is 10.1 Å². The highest BCUT2D eigenvalue weighted by Crippen LogP contribution is 2.28. The van der Waals surface area contributed by atoms with Gasteiger partial charge in [-0.2, -0.15) is 4.98 Å². The molecule has 2 aromatic rings. The van der Waals surface area contributed by atoms with Crippen LogP contribution in [-0.4, -0.2) is 12.1 Å². The van der Waals surface area contributed by atoms with Crippen molar-refractivity contribution >= 4 is 28.8 Å². The van der Waals surface area contributed by atoms with Crippen molar-refractivity contribution in [3.8, 4) is 5.88 Å². The lowest BCUT2D eigenvalue weighted by Gasteiger charge is -2.13. The van der Waals surface area contributed by atoms with Crippen LogP contribution in [0.15, 0.2) is 30.3 Å². The van der Waals surface area contributed by atoms with Crippen LogP contribution in [0, 0.1) is 0 Å². The molecule has 3 nitrogen and oxygen atoms in total. The number of aromatic nitrogens is 1. The fourth-order valence-electron chi connectivity index (χ4n) is 1.46. The number of hydrogen-bond donors (Lipinski definition) is 1. The second-order valence-electron chi connectivity index (χ2n) is 3.57. The van der Waals surface area contributed by atoms with Gasteiger partial charge in [0.1, 0.15) is 5.82 Å². The number of nitrogens with zero attached hydrogens (tertiary/aromatic N) is 1. The van der Waals surface area contributed by atoms with Crippen LogP contribution in [0.25, 0.3) is 0 Å². The van der Waals surface area contributed by atoms with Gasteiger partial charge in [-0.1, -0.05) is 17.7 Å². The molecule has 0 aliphatic rings. The number of pyridine rings is 1. The maximum Gasteiger partial charge on any atom is 0.214 e. The Kier molecular flexibility index (Phi) is 3.86. The van der Waals surface area contributed by atoms with E-state index in [4.69, 9.17) is 16.3 Å². The van der Waals surface area contributed by atoms with Gasteiger partial charge in [-0.05, 0) is 25.1 Å². The highest BCUT2D eigenvalue weighted by Gasteiger charge is 2.08. The fraction of sp³-hybridized carbons (Fsp3) is 0.250. The van der Waals surface area contributed by atoms with Crippen molar-refractivity contribution in [2.75, 3.05) is 12.4 Å². The van der Waals surface area contributed by atoms with Crippen molar-refractivity contribution in [3.63, 3.8) is 0 Å². The van der Waals surface area contributed by atoms with Gasteiger partial charge in [0, 0.05) is 10.9 Å². The topological polar surface area (TPSA) is 34.1 Å². The molecule has 0 amide bonds. The Morgan fingerprint density at radius 3 is 2.82 bits per heavy atom. The molecular formula is C12H13ClN2OS. The number of rotatable bonds is 4. The average molecular weight is 269 g/mol. The Bertz CT molecular complexity index is 501. The molecule has 1 N–H and O–H groups in total. The van der Waals surface area contributed by atoms with Gasteiger partial charge in [-0.25, -0.2) is 0 Å². The summed E-state index contributed by atoms with van der Waals surface area (Å²) >= 11 is 7.48. The van der Waals surface area contributed by atoms with Gasteiger partial charge in [0.2, 0.25) is 5.88 Å². The number of anilines is 1. The Hall–Kier alpha value is -1.26. The average Bonchev–Trinajstić information content (AvgIpc) is 2.76. The zero-order valence-electron chi connectivity index (χ0n) is 9.61. The van der Waals surface area contributed by atoms with E-state index in [0.717, 1.165) is 10.2 Å². The molecule has 2 heterocycles. The Morgan fingerprint density at radius 2 is 2.18 bits per heavy atom. The highest BCUT2D eigenvalue weighted by atomic mass is 35.5. The summed E-state index contributed by atoms with van der Waals surface area (Å²) < 4.78 is 5.88. The smallest absolute Gasteiger partial charge is 0.214 e. The summed E-state index contributed by atoms with van der Waals surface area (Å²) in [5, 5.41) is 3.31. The summed E-state index contributed by atoms with van der Waals surface area (Å²) in [6.07, 6.45) is 0. The molecule has 0 aliphatic carbocycles. The molecule has 5 heteroatoms. The predicted octanol–water partition coefficient (Wildman–Crippen LogP) is 3.98. The first-order valence-electron chi connectivity index (χ1n) is 5.22. The van der Waals surface area contributed by atoms with Crippen LogP contribution < -0.4 is 10.1 Å². The van der Waals surface area contributed by atoms with Gasteiger partial charge >= 0.3 is 0 Å². The largest absolute Gasteiger partial charge is 0.481 e. The van der Waals surface area contributed by atoms with Gasteiger partial charge in [0.15, 0.2) is 0 Å². The van der Waals surface area contributed by atoms with E-state index in [9.17, 15) is 0 Å². The van der Waals surface area contributed by atoms with E-state index >= 15 is 0 Å². The second-order valence-corrected chi connectivity index (χ2v) is 5.32. The van der Waals surface area contributed by atoms with E-state index in [1.807, 2.05) is 30.3 Å². The van der Waals surface area contributed by atoms with Crippen molar-refractivity contribution in [2.45, 2.75) is 13.0 Å². The summed E-state index contributed by atoms with van der Waals surface area (Å²) in [5.41, 5.74) is 0. The first-order chi connectivity index (χ1) is 8.19. The summed E-state index contributed by atoms with van der Waals surface area (Å²) in [6, 6.07) is 9.73. The number of nitrogens with one attached hydrogen (secondary N) is 1. The molecule has 0 fully saturated rings. The maximum absolute atomic E-state index is 5.91. The molecule has 0 saturated heterocycles. The molecule has 2 aromatic heterocycles. The first kappa shape index (κ1) is 12.2. The summed E-state index contributed by atoms with van der Waals surface area (Å²) in [6.45, 7) is 2.07. The van der Waals surface area contributed by atoms with Gasteiger partial charge in [-0.3, -0.25) is 0 Å². The highest BCUT2D eigenvalue weighted by molar-refractivity contribution is 7.16. The summed E-state index contributed by atoms with van der Waals surface area (Å²) in [7, 11) is 1.61. The normalized spacial score (nSPS) is 12.2. The second kappa shape index (κ2) is 5.38. The monoisotopic (exact) mass is 268 g/mol. The molecule has 0 aliphatic heterocycles. The number of hydrogen-bond acceptors (Lipinski definition) is 4. The fourth-order valence-corrected chi connectivity index (χ4v) is 2.53. The van der Waals surface area contributed by atoms with E-state index in [0.29, 0.717) is 5.88 Å². The van der Waals surface area contributed by atoms with Crippen LogP contribution >= 0.6 is 22.9 Å². The molecule has 1 atom stereocenters. The minimum atomic E-state index is 0.173. The number of ether oxygens (including phenoxy) is 1. The van der Waals surface area contributed by atoms with Gasteiger partial charge in [-0.15, -0.1) is 11.3 Å². The number of thiophene rings is 1. The standard InChI is InChI=1S/C12H13ClN2OS/c1-8(9-6-7-10(13)17-9)14-11-4-3-5-12(15-11)16-2/h3-8H,1-2H3,(H,14,15). The van der Waals surface area contributed by atoms with Crippen molar-refractivity contribution < 1.29 is 4.74 Å². The quantitative estimate of drug-likeness (QED) is 0.911. The van der Waals surface area contributed by atoms with Crippen LogP contribution in [0.5, 0.6) is 5.88 Å². The minimum Gasteiger partial charge on any atom is -0.481 e. The first-order valence-corrected chi connectivity index (χ1v) is 6.41. The van der Waals surface area contributed by atoms with Crippen LogP contribution in [0.2, 0.25) is 4.34 Å². The van der Waals surface area contributed by atoms with Crippen LogP contribution in [0.3, 0.4) is 0 Å². The maximum atomic E-state index is 5.91. The lowest BCUT2D eigenvalue weighted by molar-refractivity contribution is 0.398. The summed E-state index contributed by atoms with van der Waals surface area (Å²) in [5.74, 6) is 1.40. The number of halogens is 1. The van der Waals surface area contributed by atoms with Crippen molar-refractivity contribution in [1.82, 2.24) is 4.98 Å². The van der Waals surface area contributed by atoms with E-state index in [2.05, 4.69) is 17.2 Å².